The zero-order valence-electron chi connectivity index (χ0n) is 43.6. The number of carbonyl (C=O) groups is 8. The van der Waals surface area contributed by atoms with Gasteiger partial charge < -0.3 is 41.9 Å². The van der Waals surface area contributed by atoms with Crippen LogP contribution in [0.2, 0.25) is 0 Å². The molecule has 3 rings (SSSR count). The Morgan fingerprint density at radius 3 is 1.32 bits per heavy atom. The maximum absolute atomic E-state index is 11.8. The quantitative estimate of drug-likeness (QED) is 0.0192. The Morgan fingerprint density at radius 2 is 0.932 bits per heavy atom. The van der Waals surface area contributed by atoms with Crippen molar-refractivity contribution in [3.05, 3.63) is 114 Å². The van der Waals surface area contributed by atoms with Gasteiger partial charge in [-0.15, -0.1) is 12.3 Å². The van der Waals surface area contributed by atoms with Gasteiger partial charge in [-0.2, -0.15) is 0 Å². The topological polar surface area (TPSA) is 249 Å². The van der Waals surface area contributed by atoms with Crippen LogP contribution in [0.25, 0.3) is 11.1 Å². The average Bonchev–Trinajstić information content (AvgIpc) is 3.35. The van der Waals surface area contributed by atoms with Crippen molar-refractivity contribution in [2.24, 2.45) is 0 Å². The number of ketones is 2. The second kappa shape index (κ2) is 51.1. The molecule has 0 aliphatic rings. The Hall–Kier alpha value is -5.40. The molecule has 0 saturated heterocycles. The smallest absolute Gasteiger partial charge is 0.423 e. The van der Waals surface area contributed by atoms with Crippen molar-refractivity contribution in [3.63, 3.8) is 0 Å². The third-order valence-corrected chi connectivity index (χ3v) is 9.04. The van der Waals surface area contributed by atoms with Gasteiger partial charge in [0.25, 0.3) is 11.8 Å². The summed E-state index contributed by atoms with van der Waals surface area (Å²) in [6, 6.07) is 21.2. The molecule has 16 nitrogen and oxygen atoms in total. The van der Waals surface area contributed by atoms with Crippen LogP contribution in [0.5, 0.6) is 0 Å². The van der Waals surface area contributed by atoms with Crippen molar-refractivity contribution >= 4 is 59.6 Å². The number of Topliss-reactive ketones (excluding diaryl/α,β-unsaturated/α-hetero) is 1. The van der Waals surface area contributed by atoms with Gasteiger partial charge in [0.05, 0.1) is 6.42 Å². The van der Waals surface area contributed by atoms with Crippen LogP contribution in [0, 0.1) is 18.9 Å². The van der Waals surface area contributed by atoms with E-state index in [1.165, 1.54) is 24.3 Å². The number of amides is 6. The summed E-state index contributed by atoms with van der Waals surface area (Å²) in [6.07, 6.45) is 13.4. The first-order valence-electron chi connectivity index (χ1n) is 24.0. The number of hydrogen-bond donors (Lipinski definition) is 8. The standard InChI is InChI=1S/C19H21NO2.C13H22N2O3.C9H12BNO3.C7H11NO.C6H9NO.Cu.2Pd/c1-3-5-18(21)16-10-6-14(7-11-16)15-8-12-17(13-9-15)19(22)20-4-2;1-3-14-12(17)9-5-7-11(16)8-6-10-13(18)15-4-2;1-2-11-9(12)7-3-5-8(6-4-7)10(13)14;1-3-5-6-7(9)8-4-2;1-3-5-6(8)7-4-2;;;/h6-13H,3-5H2,1-2H3,(H,20,22);5,7H,3-4,6,8-10H2,1-2H3,(H,14,17)(H,15,18);3-6,13-14H,2H2,1H3,(H,11,12);1H,4-6H2,2H3,(H,8,9);1,3H,4-5H2,2H3;;;/p+1/b;7-5+;;;;;;. The number of allylic oxidation sites excluding steroid dienone is 1. The summed E-state index contributed by atoms with van der Waals surface area (Å²) in [6.45, 7) is 21.9. The van der Waals surface area contributed by atoms with E-state index in [2.05, 4.69) is 37.8 Å². The minimum atomic E-state index is -1.49. The van der Waals surface area contributed by atoms with E-state index in [1.54, 1.807) is 18.2 Å². The normalized spacial score (nSPS) is 9.23. The van der Waals surface area contributed by atoms with Crippen LogP contribution in [0.4, 0.5) is 0 Å². The number of terminal acetylenes is 1. The summed E-state index contributed by atoms with van der Waals surface area (Å²) in [4.78, 5) is 89.4. The Kier molecular flexibility index (Phi) is 53.5. The van der Waals surface area contributed by atoms with Crippen molar-refractivity contribution in [2.75, 3.05) is 39.3 Å². The van der Waals surface area contributed by atoms with Crippen LogP contribution < -0.4 is 37.4 Å². The fourth-order valence-electron chi connectivity index (χ4n) is 5.57. The first-order chi connectivity index (χ1) is 34.0. The first-order valence-corrected chi connectivity index (χ1v) is 24.0. The van der Waals surface area contributed by atoms with Crippen LogP contribution in [-0.4, -0.2) is 103 Å². The zero-order valence-corrected chi connectivity index (χ0v) is 47.6. The van der Waals surface area contributed by atoms with Crippen molar-refractivity contribution in [2.45, 2.75) is 106 Å². The zero-order chi connectivity index (χ0) is 53.8. The molecule has 0 saturated carbocycles. The molecule has 0 spiro atoms. The number of hydrogen-bond acceptors (Lipinski definition) is 10. The van der Waals surface area contributed by atoms with Crippen LogP contribution >= 0.6 is 0 Å². The number of nitrogens with one attached hydrogen (secondary N) is 6. The summed E-state index contributed by atoms with van der Waals surface area (Å²) in [7, 11) is -1.49. The van der Waals surface area contributed by atoms with E-state index in [0.29, 0.717) is 101 Å². The van der Waals surface area contributed by atoms with Gasteiger partial charge in [-0.05, 0) is 101 Å². The van der Waals surface area contributed by atoms with Gasteiger partial charge >= 0.3 is 7.12 Å². The molecule has 415 valence electrons. The Balaban J connectivity index is -0.000000278. The van der Waals surface area contributed by atoms with E-state index in [1.807, 2.05) is 97.0 Å². The van der Waals surface area contributed by atoms with E-state index in [4.69, 9.17) is 23.1 Å². The molecule has 3 aromatic carbocycles. The molecule has 0 unspecified atom stereocenters. The number of benzene rings is 3. The van der Waals surface area contributed by atoms with Gasteiger partial charge in [0, 0.05) is 152 Å². The van der Waals surface area contributed by atoms with Crippen molar-refractivity contribution in [1.29, 1.82) is 0 Å². The van der Waals surface area contributed by atoms with Gasteiger partial charge in [-0.25, -0.2) is 0 Å². The summed E-state index contributed by atoms with van der Waals surface area (Å²) in [5.74, 6) is 2.20. The Labute approximate surface area is 478 Å². The third kappa shape index (κ3) is 40.0. The SMILES string of the molecule is C#CCCC(=O)NCC.CCCC(=O)c1ccc(-c2ccc(C(=O)NCC)cc2)cc1.CCNC(=O)C/C=C/C(=O)CCCC(=O)NCC.CCNC(=O)c1ccc(B(O)O)cc1.[CH+]=CCC(=O)NCC.[Cu].[Pd].[Pd]. The molecule has 0 aliphatic carbocycles. The van der Waals surface area contributed by atoms with E-state index >= 15 is 0 Å². The third-order valence-electron chi connectivity index (χ3n) is 9.04. The molecular formula is C54H76BCuN6O10Pd2+. The van der Waals surface area contributed by atoms with Crippen LogP contribution in [0.1, 0.15) is 137 Å². The number of rotatable bonds is 24. The predicted molar refractivity (Wildman–Crippen MR) is 282 cm³/mol. The fourth-order valence-corrected chi connectivity index (χ4v) is 5.57. The molecular weight excluding hydrogens is 1180 g/mol. The summed E-state index contributed by atoms with van der Waals surface area (Å²) in [5.41, 5.74) is 4.36. The second-order valence-electron chi connectivity index (χ2n) is 14.9. The van der Waals surface area contributed by atoms with Crippen molar-refractivity contribution in [3.8, 4) is 23.5 Å². The summed E-state index contributed by atoms with van der Waals surface area (Å²) < 4.78 is 0. The molecule has 1 radical (unpaired) electrons. The molecule has 20 heteroatoms. The van der Waals surface area contributed by atoms with Crippen molar-refractivity contribution < 1.29 is 106 Å². The molecule has 74 heavy (non-hydrogen) atoms. The molecule has 0 aliphatic heterocycles. The minimum absolute atomic E-state index is 0. The monoisotopic (exact) mass is 1250 g/mol. The van der Waals surface area contributed by atoms with Crippen LogP contribution in [0.15, 0.2) is 91.0 Å². The molecule has 6 amide bonds. The summed E-state index contributed by atoms with van der Waals surface area (Å²) >= 11 is 0. The largest absolute Gasteiger partial charge is 0.488 e. The maximum Gasteiger partial charge on any atom is 0.488 e. The molecule has 0 aromatic heterocycles. The fraction of sp³-hybridized carbons (Fsp3) is 0.407. The second-order valence-corrected chi connectivity index (χ2v) is 14.9. The van der Waals surface area contributed by atoms with Crippen LogP contribution in [0.3, 0.4) is 0 Å². The Bertz CT molecular complexity index is 2080. The van der Waals surface area contributed by atoms with E-state index < -0.39 is 7.12 Å². The maximum atomic E-state index is 11.8. The molecule has 0 heterocycles. The van der Waals surface area contributed by atoms with Gasteiger partial charge in [0.2, 0.25) is 30.2 Å². The first kappa shape index (κ1) is 77.5. The van der Waals surface area contributed by atoms with E-state index in [-0.39, 0.29) is 111 Å². The van der Waals surface area contributed by atoms with Crippen LogP contribution in [-0.2, 0) is 81.9 Å². The molecule has 3 aromatic rings. The van der Waals surface area contributed by atoms with Gasteiger partial charge in [0.1, 0.15) is 0 Å². The average molecular weight is 1260 g/mol. The van der Waals surface area contributed by atoms with Gasteiger partial charge in [0.15, 0.2) is 17.6 Å². The molecule has 8 N–H and O–H groups in total. The minimum Gasteiger partial charge on any atom is -0.423 e. The summed E-state index contributed by atoms with van der Waals surface area (Å²) in [5, 5.41) is 33.6. The number of carbonyl (C=O) groups excluding carboxylic acids is 8. The Morgan fingerprint density at radius 1 is 0.541 bits per heavy atom. The predicted octanol–water partition coefficient (Wildman–Crippen LogP) is 5.18. The molecule has 0 atom stereocenters. The van der Waals surface area contributed by atoms with Crippen molar-refractivity contribution in [1.82, 2.24) is 31.9 Å². The van der Waals surface area contributed by atoms with E-state index in [0.717, 1.165) is 23.1 Å². The molecule has 0 fully saturated rings. The van der Waals surface area contributed by atoms with E-state index in [9.17, 15) is 38.4 Å². The van der Waals surface area contributed by atoms with Gasteiger partial charge in [-0.3, -0.25) is 38.4 Å². The van der Waals surface area contributed by atoms with Gasteiger partial charge in [-0.1, -0.05) is 61.5 Å². The molecule has 0 bridgehead atoms.